The minimum absolute atomic E-state index is 0.00446. The second-order valence-corrected chi connectivity index (χ2v) is 4.66. The number of carbonyl (C=O) groups is 1. The van der Waals surface area contributed by atoms with Crippen molar-refractivity contribution in [1.29, 1.82) is 0 Å². The zero-order valence-corrected chi connectivity index (χ0v) is 11.1. The van der Waals surface area contributed by atoms with Crippen molar-refractivity contribution in [2.75, 3.05) is 31.6 Å². The maximum absolute atomic E-state index is 13.6. The Morgan fingerprint density at radius 2 is 2.11 bits per heavy atom. The van der Waals surface area contributed by atoms with E-state index in [4.69, 9.17) is 4.74 Å². The fourth-order valence-corrected chi connectivity index (χ4v) is 2.11. The third-order valence-corrected chi connectivity index (χ3v) is 3.32. The van der Waals surface area contributed by atoms with Crippen LogP contribution in [0.15, 0.2) is 24.3 Å². The van der Waals surface area contributed by atoms with Gasteiger partial charge in [0.25, 0.3) is 5.91 Å². The molecule has 1 heterocycles. The van der Waals surface area contributed by atoms with E-state index in [1.165, 1.54) is 11.0 Å². The van der Waals surface area contributed by atoms with E-state index in [9.17, 15) is 9.18 Å². The van der Waals surface area contributed by atoms with Crippen LogP contribution in [0.4, 0.5) is 10.1 Å². The lowest BCUT2D eigenvalue weighted by molar-refractivity contribution is -0.125. The quantitative estimate of drug-likeness (QED) is 0.899. The predicted octanol–water partition coefficient (Wildman–Crippen LogP) is 1.56. The van der Waals surface area contributed by atoms with Gasteiger partial charge in [0.2, 0.25) is 0 Å². The summed E-state index contributed by atoms with van der Waals surface area (Å²) in [7, 11) is 1.56. The summed E-state index contributed by atoms with van der Waals surface area (Å²) in [5, 5.41) is 3.23. The normalized spacial score (nSPS) is 16.3. The molecular formula is C14H19FN2O2. The number of nitrogens with zero attached hydrogens (tertiary/aromatic N) is 1. The Bertz CT molecular complexity index is 433. The van der Waals surface area contributed by atoms with Gasteiger partial charge in [-0.05, 0) is 38.1 Å². The highest BCUT2D eigenvalue weighted by atomic mass is 19.1. The Kier molecular flexibility index (Phi) is 4.87. The highest BCUT2D eigenvalue weighted by molar-refractivity contribution is 5.93. The van der Waals surface area contributed by atoms with Crippen LogP contribution < -0.4 is 10.2 Å². The van der Waals surface area contributed by atoms with Crippen molar-refractivity contribution >= 4 is 11.6 Å². The van der Waals surface area contributed by atoms with Crippen LogP contribution in [0.2, 0.25) is 0 Å². The van der Waals surface area contributed by atoms with E-state index in [-0.39, 0.29) is 24.3 Å². The smallest absolute Gasteiger partial charge is 0.252 e. The van der Waals surface area contributed by atoms with Crippen LogP contribution in [0.25, 0.3) is 0 Å². The number of amides is 1. The lowest BCUT2D eigenvalue weighted by atomic mass is 10.1. The zero-order valence-electron chi connectivity index (χ0n) is 11.1. The molecule has 1 aliphatic rings. The molecule has 0 radical (unpaired) electrons. The fourth-order valence-electron chi connectivity index (χ4n) is 2.11. The van der Waals surface area contributed by atoms with Crippen molar-refractivity contribution in [2.45, 2.75) is 18.9 Å². The van der Waals surface area contributed by atoms with E-state index in [0.29, 0.717) is 0 Å². The monoisotopic (exact) mass is 266 g/mol. The van der Waals surface area contributed by atoms with Crippen LogP contribution >= 0.6 is 0 Å². The first-order valence-corrected chi connectivity index (χ1v) is 6.52. The summed E-state index contributed by atoms with van der Waals surface area (Å²) < 4.78 is 19.1. The molecule has 0 bridgehead atoms. The average Bonchev–Trinajstić information content (AvgIpc) is 2.45. The number of hydrogen-bond acceptors (Lipinski definition) is 3. The van der Waals surface area contributed by atoms with E-state index in [0.717, 1.165) is 25.9 Å². The molecule has 0 unspecified atom stereocenters. The van der Waals surface area contributed by atoms with Gasteiger partial charge < -0.3 is 15.0 Å². The van der Waals surface area contributed by atoms with Gasteiger partial charge in [-0.15, -0.1) is 0 Å². The molecule has 0 aromatic heterocycles. The largest absolute Gasteiger partial charge is 0.368 e. The third-order valence-electron chi connectivity index (χ3n) is 3.32. The van der Waals surface area contributed by atoms with Crippen molar-refractivity contribution in [3.8, 4) is 0 Å². The van der Waals surface area contributed by atoms with E-state index in [1.807, 2.05) is 0 Å². The van der Waals surface area contributed by atoms with Gasteiger partial charge in [-0.3, -0.25) is 4.79 Å². The summed E-state index contributed by atoms with van der Waals surface area (Å²) in [4.78, 5) is 13.3. The summed E-state index contributed by atoms with van der Waals surface area (Å²) in [5.74, 6) is -0.635. The number of likely N-dealkylation sites (N-methyl/N-ethyl adjacent to an activating group) is 1. The fraction of sp³-hybridized carbons (Fsp3) is 0.500. The molecule has 1 amide bonds. The summed E-state index contributed by atoms with van der Waals surface area (Å²) in [6.45, 7) is 1.83. The van der Waals surface area contributed by atoms with E-state index in [2.05, 4.69) is 5.32 Å². The zero-order chi connectivity index (χ0) is 13.7. The number of para-hydroxylation sites is 1. The van der Waals surface area contributed by atoms with Crippen LogP contribution in [-0.4, -0.2) is 38.8 Å². The number of carbonyl (C=O) groups excluding carboxylic acids is 1. The number of hydrogen-bond donors (Lipinski definition) is 1. The van der Waals surface area contributed by atoms with Crippen LogP contribution in [0.5, 0.6) is 0 Å². The van der Waals surface area contributed by atoms with Gasteiger partial charge in [0, 0.05) is 7.05 Å². The van der Waals surface area contributed by atoms with Crippen molar-refractivity contribution < 1.29 is 13.9 Å². The van der Waals surface area contributed by atoms with Crippen LogP contribution in [0.3, 0.4) is 0 Å². The first-order chi connectivity index (χ1) is 9.18. The van der Waals surface area contributed by atoms with E-state index < -0.39 is 5.82 Å². The summed E-state index contributed by atoms with van der Waals surface area (Å²) in [6.07, 6.45) is 1.95. The van der Waals surface area contributed by atoms with Crippen molar-refractivity contribution in [1.82, 2.24) is 5.32 Å². The molecule has 19 heavy (non-hydrogen) atoms. The number of nitrogens with one attached hydrogen (secondary N) is 1. The molecule has 1 saturated heterocycles. The molecule has 2 rings (SSSR count). The molecule has 1 N–H and O–H groups in total. The average molecular weight is 266 g/mol. The van der Waals surface area contributed by atoms with Gasteiger partial charge in [0.1, 0.15) is 12.4 Å². The maximum atomic E-state index is 13.6. The van der Waals surface area contributed by atoms with Gasteiger partial charge >= 0.3 is 0 Å². The number of piperidine rings is 1. The molecule has 104 valence electrons. The summed E-state index contributed by atoms with van der Waals surface area (Å²) in [6, 6.07) is 6.23. The number of halogens is 1. The molecule has 1 aromatic carbocycles. The standard InChI is InChI=1S/C14H19FN2O2/c1-17(13-5-3-2-4-12(13)15)14(18)10-19-11-6-8-16-9-7-11/h2-5,11,16H,6-10H2,1H3. The Labute approximate surface area is 112 Å². The first kappa shape index (κ1) is 14.0. The van der Waals surface area contributed by atoms with Gasteiger partial charge in [-0.2, -0.15) is 0 Å². The summed E-state index contributed by atoms with van der Waals surface area (Å²) >= 11 is 0. The third kappa shape index (κ3) is 3.75. The Morgan fingerprint density at radius 3 is 2.79 bits per heavy atom. The number of ether oxygens (including phenoxy) is 1. The molecule has 0 aliphatic carbocycles. The molecule has 4 nitrogen and oxygen atoms in total. The first-order valence-electron chi connectivity index (χ1n) is 6.52. The Balaban J connectivity index is 1.87. The highest BCUT2D eigenvalue weighted by Gasteiger charge is 2.18. The second kappa shape index (κ2) is 6.63. The molecule has 1 aliphatic heterocycles. The topological polar surface area (TPSA) is 41.6 Å². The van der Waals surface area contributed by atoms with Gasteiger partial charge in [-0.1, -0.05) is 12.1 Å². The van der Waals surface area contributed by atoms with Gasteiger partial charge in [0.15, 0.2) is 0 Å². The van der Waals surface area contributed by atoms with Crippen LogP contribution in [0.1, 0.15) is 12.8 Å². The van der Waals surface area contributed by atoms with E-state index >= 15 is 0 Å². The maximum Gasteiger partial charge on any atom is 0.252 e. The molecule has 5 heteroatoms. The SMILES string of the molecule is CN(C(=O)COC1CCNCC1)c1ccccc1F. The minimum Gasteiger partial charge on any atom is -0.368 e. The molecular weight excluding hydrogens is 247 g/mol. The van der Waals surface area contributed by atoms with Gasteiger partial charge in [-0.25, -0.2) is 4.39 Å². The molecule has 0 spiro atoms. The van der Waals surface area contributed by atoms with Gasteiger partial charge in [0.05, 0.1) is 11.8 Å². The predicted molar refractivity (Wildman–Crippen MR) is 71.7 cm³/mol. The molecule has 1 fully saturated rings. The van der Waals surface area contributed by atoms with Crippen LogP contribution in [-0.2, 0) is 9.53 Å². The Hall–Kier alpha value is -1.46. The number of rotatable bonds is 4. The van der Waals surface area contributed by atoms with Crippen molar-refractivity contribution in [3.63, 3.8) is 0 Å². The van der Waals surface area contributed by atoms with Crippen molar-refractivity contribution in [3.05, 3.63) is 30.1 Å². The van der Waals surface area contributed by atoms with Crippen molar-refractivity contribution in [2.24, 2.45) is 0 Å². The number of benzene rings is 1. The van der Waals surface area contributed by atoms with Crippen LogP contribution in [0, 0.1) is 5.82 Å². The minimum atomic E-state index is -0.403. The van der Waals surface area contributed by atoms with E-state index in [1.54, 1.807) is 25.2 Å². The highest BCUT2D eigenvalue weighted by Crippen LogP contribution is 2.17. The molecule has 0 atom stereocenters. The molecule has 0 saturated carbocycles. The second-order valence-electron chi connectivity index (χ2n) is 4.66. The number of anilines is 1. The lowest BCUT2D eigenvalue weighted by Gasteiger charge is -2.24. The Morgan fingerprint density at radius 1 is 1.42 bits per heavy atom. The lowest BCUT2D eigenvalue weighted by Crippen LogP contribution is -2.36. The summed E-state index contributed by atoms with van der Waals surface area (Å²) in [5.41, 5.74) is 0.279. The molecule has 1 aromatic rings.